The van der Waals surface area contributed by atoms with Crippen LogP contribution in [0.15, 0.2) is 67.3 Å². The summed E-state index contributed by atoms with van der Waals surface area (Å²) < 4.78 is 128. The third-order valence-corrected chi connectivity index (χ3v) is 5.13. The van der Waals surface area contributed by atoms with Crippen molar-refractivity contribution < 1.29 is 63.6 Å². The molecule has 1 aromatic heterocycles. The van der Waals surface area contributed by atoms with Crippen molar-refractivity contribution in [3.8, 4) is 17.0 Å². The average Bonchev–Trinajstić information content (AvgIpc) is 3.23. The molecule has 0 unspecified atom stereocenters. The van der Waals surface area contributed by atoms with Crippen molar-refractivity contribution in [3.05, 3.63) is 67.3 Å². The molecule has 0 aliphatic rings. The maximum Gasteiger partial charge on any atom is 0.496 e. The number of aromatic nitrogens is 1. The number of alkyl halides is 8. The van der Waals surface area contributed by atoms with Crippen LogP contribution in [0.2, 0.25) is 0 Å². The summed E-state index contributed by atoms with van der Waals surface area (Å²) in [4.78, 5) is 10.8. The number of hydrogen-bond donors (Lipinski definition) is 0. The van der Waals surface area contributed by atoms with E-state index in [1.807, 2.05) is 54.8 Å². The number of nitrogens with zero attached hydrogens (tertiary/aromatic N) is 1. The highest BCUT2D eigenvalue weighted by atomic mass is 19.3. The van der Waals surface area contributed by atoms with E-state index in [9.17, 15) is 39.9 Å². The molecular formula is C26H23F8NO6. The fraction of sp³-hybridized carbons (Fsp3) is 0.346. The Labute approximate surface area is 227 Å². The number of carbonyl (C=O) groups is 1. The highest BCUT2D eigenvalue weighted by molar-refractivity contribution is 5.88. The zero-order valence-corrected chi connectivity index (χ0v) is 21.4. The van der Waals surface area contributed by atoms with Gasteiger partial charge < -0.3 is 14.0 Å². The fourth-order valence-electron chi connectivity index (χ4n) is 3.65. The van der Waals surface area contributed by atoms with Crippen molar-refractivity contribution in [2.75, 3.05) is 13.2 Å². The Morgan fingerprint density at radius 2 is 1.44 bits per heavy atom. The van der Waals surface area contributed by atoms with E-state index < -0.39 is 44.0 Å². The molecule has 0 bridgehead atoms. The average molecular weight is 597 g/mol. The van der Waals surface area contributed by atoms with Crippen LogP contribution in [0.1, 0.15) is 19.9 Å². The summed E-state index contributed by atoms with van der Waals surface area (Å²) in [5.41, 5.74) is 2.25. The number of carbonyl (C=O) groups excluding carboxylic acids is 1. The van der Waals surface area contributed by atoms with Crippen molar-refractivity contribution in [1.29, 1.82) is 0 Å². The first-order valence-corrected chi connectivity index (χ1v) is 11.7. The number of halogens is 8. The Morgan fingerprint density at radius 3 is 2.00 bits per heavy atom. The molecule has 0 amide bonds. The van der Waals surface area contributed by atoms with Gasteiger partial charge in [-0.3, -0.25) is 0 Å². The molecule has 3 aromatic rings. The maximum absolute atomic E-state index is 14.1. The molecule has 0 aliphatic carbocycles. The minimum absolute atomic E-state index is 0.0936. The van der Waals surface area contributed by atoms with Gasteiger partial charge in [-0.1, -0.05) is 36.9 Å². The van der Waals surface area contributed by atoms with Gasteiger partial charge in [0, 0.05) is 29.3 Å². The number of esters is 1. The molecule has 1 heterocycles. The van der Waals surface area contributed by atoms with Crippen LogP contribution in [-0.4, -0.2) is 48.6 Å². The van der Waals surface area contributed by atoms with Crippen LogP contribution < -0.4 is 4.74 Å². The summed E-state index contributed by atoms with van der Waals surface area (Å²) in [6, 6.07) is 15.2. The molecule has 0 aliphatic heterocycles. The van der Waals surface area contributed by atoms with Crippen LogP contribution in [0.5, 0.6) is 5.75 Å². The van der Waals surface area contributed by atoms with E-state index in [1.54, 1.807) is 0 Å². The lowest BCUT2D eigenvalue weighted by Crippen LogP contribution is -2.46. The summed E-state index contributed by atoms with van der Waals surface area (Å²) in [5, 5.41) is 0.714. The van der Waals surface area contributed by atoms with Gasteiger partial charge in [0.1, 0.15) is 5.75 Å². The van der Waals surface area contributed by atoms with Gasteiger partial charge in [0.25, 0.3) is 0 Å². The van der Waals surface area contributed by atoms with E-state index >= 15 is 0 Å². The second kappa shape index (κ2) is 12.0. The van der Waals surface area contributed by atoms with Crippen LogP contribution >= 0.6 is 0 Å². The van der Waals surface area contributed by atoms with Crippen molar-refractivity contribution in [3.63, 3.8) is 0 Å². The highest BCUT2D eigenvalue weighted by Crippen LogP contribution is 2.38. The lowest BCUT2D eigenvalue weighted by atomic mass is 10.1. The second-order valence-electron chi connectivity index (χ2n) is 8.69. The molecule has 0 saturated carbocycles. The molecule has 7 nitrogen and oxygen atoms in total. The first-order chi connectivity index (χ1) is 18.9. The summed E-state index contributed by atoms with van der Waals surface area (Å²) in [7, 11) is 0. The Morgan fingerprint density at radius 1 is 0.854 bits per heavy atom. The topological polar surface area (TPSA) is 68.2 Å². The molecule has 0 fully saturated rings. The molecule has 0 N–H and O–H groups in total. The van der Waals surface area contributed by atoms with Gasteiger partial charge in [-0.25, -0.2) is 19.0 Å². The predicted octanol–water partition coefficient (Wildman–Crippen LogP) is 7.33. The normalized spacial score (nSPS) is 13.0. The summed E-state index contributed by atoms with van der Waals surface area (Å²) >= 11 is 0. The Hall–Kier alpha value is -3.69. The van der Waals surface area contributed by atoms with E-state index in [1.165, 1.54) is 18.2 Å². The van der Waals surface area contributed by atoms with Crippen molar-refractivity contribution in [1.82, 2.24) is 4.57 Å². The molecule has 0 atom stereocenters. The van der Waals surface area contributed by atoms with Crippen LogP contribution in [-0.2, 0) is 23.7 Å². The van der Waals surface area contributed by atoms with E-state index in [0.717, 1.165) is 11.3 Å². The molecule has 15 heteroatoms. The van der Waals surface area contributed by atoms with Gasteiger partial charge in [-0.2, -0.15) is 17.6 Å². The van der Waals surface area contributed by atoms with Crippen molar-refractivity contribution in [2.24, 2.45) is 0 Å². The van der Waals surface area contributed by atoms with E-state index in [0.29, 0.717) is 17.0 Å². The summed E-state index contributed by atoms with van der Waals surface area (Å²) in [5.74, 6) is -1.68. The SMILES string of the molecule is C=CC(=O)OCC(F)(F)OC(F)(F)OC(F)(F)OC(F)(F)COc1ccc2cc(-c3ccccc3)n(C(C)C)c2c1. The van der Waals surface area contributed by atoms with E-state index in [4.69, 9.17) is 4.74 Å². The zero-order valence-electron chi connectivity index (χ0n) is 21.4. The standard InChI is InChI=1S/C26H23F8NO6/c1-4-22(36)38-15-24(29,30)40-26(33,34)41-25(31,32)39-23(27,28)14-37-19-11-10-18-12-20(17-8-6-5-7-9-17)35(16(2)3)21(18)13-19/h4-13,16H,1,14-15H2,2-3H3. The van der Waals surface area contributed by atoms with Crippen LogP contribution in [0, 0.1) is 0 Å². The monoisotopic (exact) mass is 597 g/mol. The lowest BCUT2D eigenvalue weighted by molar-refractivity contribution is -0.574. The molecule has 3 rings (SSSR count). The Balaban J connectivity index is 1.68. The fourth-order valence-corrected chi connectivity index (χ4v) is 3.65. The molecule has 0 spiro atoms. The van der Waals surface area contributed by atoms with Crippen molar-refractivity contribution >= 4 is 16.9 Å². The molecular weight excluding hydrogens is 574 g/mol. The third kappa shape index (κ3) is 8.90. The van der Waals surface area contributed by atoms with E-state index in [-0.39, 0.29) is 11.8 Å². The van der Waals surface area contributed by atoms with Gasteiger partial charge >= 0.3 is 30.8 Å². The largest absolute Gasteiger partial charge is 0.496 e. The Bertz CT molecular complexity index is 1360. The minimum atomic E-state index is -5.87. The summed E-state index contributed by atoms with van der Waals surface area (Å²) in [6.45, 7) is 2.58. The number of ether oxygens (including phenoxy) is 5. The smallest absolute Gasteiger partial charge is 0.484 e. The molecule has 2 aromatic carbocycles. The highest BCUT2D eigenvalue weighted by Gasteiger charge is 2.57. The second-order valence-corrected chi connectivity index (χ2v) is 8.69. The van der Waals surface area contributed by atoms with Crippen molar-refractivity contribution in [2.45, 2.75) is 44.7 Å². The van der Waals surface area contributed by atoms with Gasteiger partial charge in [0.05, 0.1) is 5.52 Å². The Kier molecular flexibility index (Phi) is 9.35. The predicted molar refractivity (Wildman–Crippen MR) is 127 cm³/mol. The molecule has 41 heavy (non-hydrogen) atoms. The van der Waals surface area contributed by atoms with E-state index in [2.05, 4.69) is 25.5 Å². The third-order valence-electron chi connectivity index (χ3n) is 5.13. The first kappa shape index (κ1) is 31.8. The molecule has 0 saturated heterocycles. The number of rotatable bonds is 14. The zero-order chi connectivity index (χ0) is 30.6. The molecule has 224 valence electrons. The van der Waals surface area contributed by atoms with Gasteiger partial charge in [0.2, 0.25) is 0 Å². The minimum Gasteiger partial charge on any atom is -0.484 e. The lowest BCUT2D eigenvalue weighted by Gasteiger charge is -2.27. The quantitative estimate of drug-likeness (QED) is 0.0839. The number of hydrogen-bond acceptors (Lipinski definition) is 6. The number of fused-ring (bicyclic) bond motifs is 1. The number of benzene rings is 2. The van der Waals surface area contributed by atoms with Gasteiger partial charge in [-0.15, -0.1) is 17.6 Å². The van der Waals surface area contributed by atoms with Crippen LogP contribution in [0.4, 0.5) is 35.1 Å². The van der Waals surface area contributed by atoms with Crippen LogP contribution in [0.25, 0.3) is 22.2 Å². The molecule has 0 radical (unpaired) electrons. The maximum atomic E-state index is 14.1. The van der Waals surface area contributed by atoms with Gasteiger partial charge in [0.15, 0.2) is 13.2 Å². The first-order valence-electron chi connectivity index (χ1n) is 11.7. The summed E-state index contributed by atoms with van der Waals surface area (Å²) in [6.07, 6.45) is -21.3. The van der Waals surface area contributed by atoms with Gasteiger partial charge in [-0.05, 0) is 37.6 Å². The van der Waals surface area contributed by atoms with Crippen LogP contribution in [0.3, 0.4) is 0 Å².